The Morgan fingerprint density at radius 3 is 2.93 bits per heavy atom. The molecule has 0 saturated carbocycles. The highest BCUT2D eigenvalue weighted by molar-refractivity contribution is 6.30. The highest BCUT2D eigenvalue weighted by Crippen LogP contribution is 2.34. The van der Waals surface area contributed by atoms with Gasteiger partial charge in [0, 0.05) is 18.1 Å². The van der Waals surface area contributed by atoms with Crippen LogP contribution in [0.25, 0.3) is 0 Å². The van der Waals surface area contributed by atoms with Gasteiger partial charge in [0.25, 0.3) is 0 Å². The Balaban J connectivity index is 2.56. The fraction of sp³-hybridized carbons (Fsp3) is 0.500. The standard InChI is InChI=1S/C12H17ClN2/c1-12(8-14)11-7-10(13)4-3-9(11)5-6-15(12)2/h3-4,7H,5-6,8,14H2,1-2H3. The van der Waals surface area contributed by atoms with E-state index in [0.717, 1.165) is 18.0 Å². The summed E-state index contributed by atoms with van der Waals surface area (Å²) < 4.78 is 0. The van der Waals surface area contributed by atoms with E-state index in [1.54, 1.807) is 0 Å². The predicted octanol–water partition coefficient (Wildman–Crippen LogP) is 2.00. The molecule has 0 fully saturated rings. The molecule has 0 saturated heterocycles. The third-order valence-electron chi connectivity index (χ3n) is 3.61. The zero-order chi connectivity index (χ0) is 11.1. The minimum absolute atomic E-state index is 0.0709. The maximum Gasteiger partial charge on any atom is 0.0556 e. The van der Waals surface area contributed by atoms with Gasteiger partial charge in [-0.1, -0.05) is 17.7 Å². The topological polar surface area (TPSA) is 29.3 Å². The van der Waals surface area contributed by atoms with Crippen molar-refractivity contribution >= 4 is 11.6 Å². The van der Waals surface area contributed by atoms with Crippen LogP contribution in [0.3, 0.4) is 0 Å². The molecule has 1 unspecified atom stereocenters. The van der Waals surface area contributed by atoms with E-state index < -0.39 is 0 Å². The lowest BCUT2D eigenvalue weighted by Crippen LogP contribution is -2.51. The lowest BCUT2D eigenvalue weighted by Gasteiger charge is -2.43. The zero-order valence-electron chi connectivity index (χ0n) is 9.26. The Bertz CT molecular complexity index is 378. The highest BCUT2D eigenvalue weighted by atomic mass is 35.5. The molecule has 1 aliphatic rings. The Kier molecular flexibility index (Phi) is 2.75. The normalized spacial score (nSPS) is 26.4. The van der Waals surface area contributed by atoms with Crippen molar-refractivity contribution in [3.63, 3.8) is 0 Å². The van der Waals surface area contributed by atoms with Crippen LogP contribution in [0.5, 0.6) is 0 Å². The molecule has 0 aromatic heterocycles. The van der Waals surface area contributed by atoms with Crippen LogP contribution in [-0.4, -0.2) is 25.0 Å². The molecule has 1 aromatic carbocycles. The molecule has 0 spiro atoms. The van der Waals surface area contributed by atoms with E-state index in [9.17, 15) is 0 Å². The fourth-order valence-corrected chi connectivity index (χ4v) is 2.45. The van der Waals surface area contributed by atoms with E-state index in [2.05, 4.69) is 31.0 Å². The van der Waals surface area contributed by atoms with Gasteiger partial charge in [0.1, 0.15) is 0 Å². The summed E-state index contributed by atoms with van der Waals surface area (Å²) in [4.78, 5) is 2.31. The molecule has 82 valence electrons. The summed E-state index contributed by atoms with van der Waals surface area (Å²) in [6.45, 7) is 3.86. The second-order valence-corrected chi connectivity index (χ2v) is 4.89. The van der Waals surface area contributed by atoms with Gasteiger partial charge in [0.15, 0.2) is 0 Å². The molecule has 1 aliphatic heterocycles. The molecular weight excluding hydrogens is 208 g/mol. The number of likely N-dealkylation sites (N-methyl/N-ethyl adjacent to an activating group) is 1. The van der Waals surface area contributed by atoms with E-state index >= 15 is 0 Å². The van der Waals surface area contributed by atoms with Gasteiger partial charge in [-0.05, 0) is 43.7 Å². The summed E-state index contributed by atoms with van der Waals surface area (Å²) in [7, 11) is 2.12. The Hall–Kier alpha value is -0.570. The number of fused-ring (bicyclic) bond motifs is 1. The van der Waals surface area contributed by atoms with E-state index in [-0.39, 0.29) is 5.54 Å². The minimum atomic E-state index is -0.0709. The molecule has 15 heavy (non-hydrogen) atoms. The van der Waals surface area contributed by atoms with Crippen LogP contribution in [0, 0.1) is 0 Å². The molecule has 3 heteroatoms. The van der Waals surface area contributed by atoms with Crippen LogP contribution in [0.2, 0.25) is 5.02 Å². The average molecular weight is 225 g/mol. The molecular formula is C12H17ClN2. The Morgan fingerprint density at radius 1 is 1.53 bits per heavy atom. The van der Waals surface area contributed by atoms with Crippen molar-refractivity contribution in [3.05, 3.63) is 34.3 Å². The van der Waals surface area contributed by atoms with Crippen LogP contribution >= 0.6 is 11.6 Å². The monoisotopic (exact) mass is 224 g/mol. The third-order valence-corrected chi connectivity index (χ3v) is 3.84. The van der Waals surface area contributed by atoms with Crippen molar-refractivity contribution in [3.8, 4) is 0 Å². The summed E-state index contributed by atoms with van der Waals surface area (Å²) in [5.41, 5.74) is 8.50. The van der Waals surface area contributed by atoms with Gasteiger partial charge >= 0.3 is 0 Å². The van der Waals surface area contributed by atoms with Crippen molar-refractivity contribution in [1.82, 2.24) is 4.90 Å². The molecule has 0 aliphatic carbocycles. The number of hydrogen-bond acceptors (Lipinski definition) is 2. The zero-order valence-corrected chi connectivity index (χ0v) is 10.0. The summed E-state index contributed by atoms with van der Waals surface area (Å²) in [5, 5.41) is 0.795. The lowest BCUT2D eigenvalue weighted by molar-refractivity contribution is 0.132. The van der Waals surface area contributed by atoms with Crippen molar-refractivity contribution in [2.75, 3.05) is 20.1 Å². The molecule has 2 N–H and O–H groups in total. The molecule has 0 bridgehead atoms. The Labute approximate surface area is 96.0 Å². The van der Waals surface area contributed by atoms with Crippen LogP contribution in [-0.2, 0) is 12.0 Å². The highest BCUT2D eigenvalue weighted by Gasteiger charge is 2.35. The smallest absolute Gasteiger partial charge is 0.0556 e. The van der Waals surface area contributed by atoms with Crippen LogP contribution in [0.1, 0.15) is 18.1 Å². The number of rotatable bonds is 1. The van der Waals surface area contributed by atoms with E-state index in [1.807, 2.05) is 6.07 Å². The van der Waals surface area contributed by atoms with Crippen molar-refractivity contribution in [2.45, 2.75) is 18.9 Å². The molecule has 1 aromatic rings. The van der Waals surface area contributed by atoms with Gasteiger partial charge < -0.3 is 5.73 Å². The maximum absolute atomic E-state index is 6.05. The largest absolute Gasteiger partial charge is 0.328 e. The fourth-order valence-electron chi connectivity index (χ4n) is 2.27. The Morgan fingerprint density at radius 2 is 2.27 bits per heavy atom. The summed E-state index contributed by atoms with van der Waals surface area (Å²) in [6.07, 6.45) is 1.08. The van der Waals surface area contributed by atoms with E-state index in [0.29, 0.717) is 6.54 Å². The quantitative estimate of drug-likeness (QED) is 0.791. The van der Waals surface area contributed by atoms with Crippen molar-refractivity contribution in [1.29, 1.82) is 0 Å². The molecule has 2 nitrogen and oxygen atoms in total. The molecule has 1 heterocycles. The lowest BCUT2D eigenvalue weighted by atomic mass is 9.82. The second kappa shape index (κ2) is 3.78. The minimum Gasteiger partial charge on any atom is -0.328 e. The van der Waals surface area contributed by atoms with Crippen LogP contribution in [0.4, 0.5) is 0 Å². The van der Waals surface area contributed by atoms with Gasteiger partial charge in [0.05, 0.1) is 5.54 Å². The van der Waals surface area contributed by atoms with E-state index in [4.69, 9.17) is 17.3 Å². The first-order valence-corrected chi connectivity index (χ1v) is 5.66. The first-order valence-electron chi connectivity index (χ1n) is 5.28. The maximum atomic E-state index is 6.05. The van der Waals surface area contributed by atoms with Gasteiger partial charge in [-0.25, -0.2) is 0 Å². The second-order valence-electron chi connectivity index (χ2n) is 4.45. The van der Waals surface area contributed by atoms with E-state index in [1.165, 1.54) is 11.1 Å². The first kappa shape index (κ1) is 10.9. The molecule has 2 rings (SSSR count). The van der Waals surface area contributed by atoms with Crippen molar-refractivity contribution in [2.24, 2.45) is 5.73 Å². The van der Waals surface area contributed by atoms with Crippen molar-refractivity contribution < 1.29 is 0 Å². The van der Waals surface area contributed by atoms with Crippen LogP contribution in [0.15, 0.2) is 18.2 Å². The summed E-state index contributed by atoms with van der Waals surface area (Å²) in [5.74, 6) is 0. The molecule has 1 atom stereocenters. The number of nitrogens with two attached hydrogens (primary N) is 1. The summed E-state index contributed by atoms with van der Waals surface area (Å²) in [6, 6.07) is 6.14. The molecule has 0 radical (unpaired) electrons. The number of halogens is 1. The first-order chi connectivity index (χ1) is 7.08. The number of hydrogen-bond donors (Lipinski definition) is 1. The molecule has 0 amide bonds. The number of benzene rings is 1. The van der Waals surface area contributed by atoms with Gasteiger partial charge in [-0.2, -0.15) is 0 Å². The van der Waals surface area contributed by atoms with Gasteiger partial charge in [-0.15, -0.1) is 0 Å². The summed E-state index contributed by atoms with van der Waals surface area (Å²) >= 11 is 6.05. The van der Waals surface area contributed by atoms with Crippen LogP contribution < -0.4 is 5.73 Å². The van der Waals surface area contributed by atoms with Gasteiger partial charge in [-0.3, -0.25) is 4.90 Å². The van der Waals surface area contributed by atoms with Gasteiger partial charge in [0.2, 0.25) is 0 Å². The SMILES string of the molecule is CN1CCc2ccc(Cl)cc2C1(C)CN. The number of nitrogens with zero attached hydrogens (tertiary/aromatic N) is 1. The third kappa shape index (κ3) is 1.67. The average Bonchev–Trinajstić information content (AvgIpc) is 2.24. The predicted molar refractivity (Wildman–Crippen MR) is 64.2 cm³/mol.